The molecule has 6 heteroatoms. The number of fused-ring (bicyclic) bond motifs is 9. The summed E-state index contributed by atoms with van der Waals surface area (Å²) in [6.45, 7) is 0. The van der Waals surface area contributed by atoms with Crippen molar-refractivity contribution in [2.24, 2.45) is 0 Å². The lowest BCUT2D eigenvalue weighted by atomic mass is 10.00. The minimum Gasteiger partial charge on any atom is -0.456 e. The molecule has 0 spiro atoms. The van der Waals surface area contributed by atoms with Crippen LogP contribution in [-0.4, -0.2) is 14.5 Å². The maximum atomic E-state index is 10.4. The highest BCUT2D eigenvalue weighted by Crippen LogP contribution is 2.41. The minimum atomic E-state index is 0.437. The summed E-state index contributed by atoms with van der Waals surface area (Å²) in [5.74, 6) is 0.516. The smallest absolute Gasteiger partial charge is 0.160 e. The Balaban J connectivity index is 1.02. The number of hydrogen-bond donors (Lipinski definition) is 0. The zero-order valence-corrected chi connectivity index (χ0v) is 31.4. The van der Waals surface area contributed by atoms with E-state index >= 15 is 0 Å². The third-order valence-corrected chi connectivity index (χ3v) is 11.5. The molecular weight excluding hydrogens is 725 g/mol. The number of furan rings is 2. The predicted octanol–water partition coefficient (Wildman–Crippen LogP) is 13.9. The van der Waals surface area contributed by atoms with Crippen LogP contribution >= 0.6 is 0 Å². The first-order chi connectivity index (χ1) is 29.2. The average molecular weight is 755 g/mol. The van der Waals surface area contributed by atoms with Crippen LogP contribution in [0, 0.1) is 11.3 Å². The van der Waals surface area contributed by atoms with Crippen LogP contribution in [-0.2, 0) is 0 Å². The topological polar surface area (TPSA) is 80.8 Å². The number of nitrogens with zero attached hydrogens (tertiary/aromatic N) is 4. The molecule has 4 aromatic heterocycles. The van der Waals surface area contributed by atoms with Gasteiger partial charge in [0.15, 0.2) is 11.4 Å². The normalized spacial score (nSPS) is 11.7. The van der Waals surface area contributed by atoms with Gasteiger partial charge < -0.3 is 13.4 Å². The van der Waals surface area contributed by atoms with Gasteiger partial charge in [-0.15, -0.1) is 0 Å². The third-order valence-electron chi connectivity index (χ3n) is 11.5. The fourth-order valence-corrected chi connectivity index (χ4v) is 8.72. The lowest BCUT2D eigenvalue weighted by Gasteiger charge is -2.12. The van der Waals surface area contributed by atoms with Gasteiger partial charge in [0.2, 0.25) is 0 Å². The van der Waals surface area contributed by atoms with Gasteiger partial charge in [0, 0.05) is 49.0 Å². The summed E-state index contributed by atoms with van der Waals surface area (Å²) in [5.41, 5.74) is 12.8. The molecule has 59 heavy (non-hydrogen) atoms. The molecule has 0 saturated carbocycles. The Labute approximate surface area is 337 Å². The molecule has 0 atom stereocenters. The molecule has 0 amide bonds. The standard InChI is InChI=1S/C53H30N4O2/c54-31-43-50(32-12-3-1-4-13-32)55-53(56-51(43)33-14-5-2-6-15-33)36-22-25-39-40-18-11-20-46(52(40)59-49(39)30-36)57-44-19-9-7-16-37(44)41-28-34(23-26-45(41)57)35-24-27-48-42(29-35)38-17-8-10-21-47(38)58-48/h1-30H. The van der Waals surface area contributed by atoms with Gasteiger partial charge in [-0.2, -0.15) is 5.26 Å². The van der Waals surface area contributed by atoms with Crippen LogP contribution in [0.5, 0.6) is 0 Å². The van der Waals surface area contributed by atoms with E-state index in [-0.39, 0.29) is 0 Å². The molecule has 6 nitrogen and oxygen atoms in total. The van der Waals surface area contributed by atoms with Crippen molar-refractivity contribution < 1.29 is 8.83 Å². The van der Waals surface area contributed by atoms with Crippen molar-refractivity contribution in [3.8, 4) is 56.8 Å². The quantitative estimate of drug-likeness (QED) is 0.175. The molecule has 12 aromatic rings. The molecule has 8 aromatic carbocycles. The van der Waals surface area contributed by atoms with E-state index in [2.05, 4.69) is 108 Å². The van der Waals surface area contributed by atoms with Crippen LogP contribution in [0.4, 0.5) is 0 Å². The lowest BCUT2D eigenvalue weighted by molar-refractivity contribution is 0.666. The fraction of sp³-hybridized carbons (Fsp3) is 0. The van der Waals surface area contributed by atoms with Crippen LogP contribution in [0.2, 0.25) is 0 Å². The van der Waals surface area contributed by atoms with Gasteiger partial charge in [-0.1, -0.05) is 127 Å². The zero-order valence-electron chi connectivity index (χ0n) is 31.4. The second kappa shape index (κ2) is 12.9. The lowest BCUT2D eigenvalue weighted by Crippen LogP contribution is -2.01. The predicted molar refractivity (Wildman–Crippen MR) is 237 cm³/mol. The van der Waals surface area contributed by atoms with Crippen molar-refractivity contribution in [3.05, 3.63) is 188 Å². The third kappa shape index (κ3) is 5.12. The summed E-state index contributed by atoms with van der Waals surface area (Å²) in [7, 11) is 0. The van der Waals surface area contributed by atoms with Crippen molar-refractivity contribution in [2.45, 2.75) is 0 Å². The van der Waals surface area contributed by atoms with E-state index in [1.165, 1.54) is 0 Å². The van der Waals surface area contributed by atoms with Gasteiger partial charge in [0.05, 0.1) is 28.1 Å². The molecule has 4 heterocycles. The SMILES string of the molecule is N#Cc1c(-c2ccccc2)nc(-c2ccc3c(c2)oc2c(-n4c5ccccc5c5cc(-c6ccc7oc8ccccc8c7c6)ccc54)cccc23)nc1-c1ccccc1. The molecule has 0 radical (unpaired) electrons. The van der Waals surface area contributed by atoms with Gasteiger partial charge in [0.1, 0.15) is 28.4 Å². The largest absolute Gasteiger partial charge is 0.456 e. The summed E-state index contributed by atoms with van der Waals surface area (Å²) in [6, 6.07) is 64.5. The number of benzene rings is 8. The Kier molecular flexibility index (Phi) is 7.19. The number of aromatic nitrogens is 3. The Morgan fingerprint density at radius 1 is 0.407 bits per heavy atom. The molecule has 0 fully saturated rings. The Morgan fingerprint density at radius 2 is 1.00 bits per heavy atom. The molecule has 0 aliphatic carbocycles. The monoisotopic (exact) mass is 754 g/mol. The molecule has 274 valence electrons. The summed E-state index contributed by atoms with van der Waals surface area (Å²) in [6.07, 6.45) is 0. The van der Waals surface area contributed by atoms with Crippen LogP contribution in [0.1, 0.15) is 5.56 Å². The molecule has 0 N–H and O–H groups in total. The summed E-state index contributed by atoms with van der Waals surface area (Å²) >= 11 is 0. The van der Waals surface area contributed by atoms with Gasteiger partial charge in [-0.25, -0.2) is 9.97 Å². The van der Waals surface area contributed by atoms with E-state index in [1.54, 1.807) is 0 Å². The van der Waals surface area contributed by atoms with E-state index in [9.17, 15) is 5.26 Å². The Hall–Kier alpha value is -8.27. The minimum absolute atomic E-state index is 0.437. The number of rotatable bonds is 5. The number of hydrogen-bond acceptors (Lipinski definition) is 5. The second-order valence-electron chi connectivity index (χ2n) is 14.8. The first-order valence-electron chi connectivity index (χ1n) is 19.5. The second-order valence-corrected chi connectivity index (χ2v) is 14.8. The summed E-state index contributed by atoms with van der Waals surface area (Å²) < 4.78 is 15.3. The summed E-state index contributed by atoms with van der Waals surface area (Å²) in [5, 5.41) is 17.0. The van der Waals surface area contributed by atoms with Crippen molar-refractivity contribution in [1.29, 1.82) is 5.26 Å². The van der Waals surface area contributed by atoms with Gasteiger partial charge in [-0.3, -0.25) is 0 Å². The van der Waals surface area contributed by atoms with Crippen LogP contribution < -0.4 is 0 Å². The van der Waals surface area contributed by atoms with Gasteiger partial charge in [0.25, 0.3) is 0 Å². The molecule has 0 unspecified atom stereocenters. The Bertz CT molecular complexity index is 3620. The van der Waals surface area contributed by atoms with Crippen molar-refractivity contribution in [2.75, 3.05) is 0 Å². The first-order valence-corrected chi connectivity index (χ1v) is 19.5. The van der Waals surface area contributed by atoms with E-state index in [0.29, 0.717) is 22.8 Å². The van der Waals surface area contributed by atoms with Crippen LogP contribution in [0.15, 0.2) is 191 Å². The maximum absolute atomic E-state index is 10.4. The highest BCUT2D eigenvalue weighted by molar-refractivity contribution is 6.14. The van der Waals surface area contributed by atoms with E-state index in [1.807, 2.05) is 84.9 Å². The van der Waals surface area contributed by atoms with Crippen LogP contribution in [0.25, 0.3) is 116 Å². The van der Waals surface area contributed by atoms with Crippen molar-refractivity contribution in [1.82, 2.24) is 14.5 Å². The first kappa shape index (κ1) is 32.9. The van der Waals surface area contributed by atoms with Gasteiger partial charge in [-0.05, 0) is 65.7 Å². The fourth-order valence-electron chi connectivity index (χ4n) is 8.72. The molecule has 12 rings (SSSR count). The molecule has 0 saturated heterocycles. The van der Waals surface area contributed by atoms with Crippen molar-refractivity contribution >= 4 is 65.7 Å². The molecule has 0 bridgehead atoms. The average Bonchev–Trinajstić information content (AvgIpc) is 3.98. The highest BCUT2D eigenvalue weighted by Gasteiger charge is 2.21. The van der Waals surface area contributed by atoms with E-state index in [4.69, 9.17) is 18.8 Å². The molecule has 0 aliphatic rings. The van der Waals surface area contributed by atoms with Crippen LogP contribution in [0.3, 0.4) is 0 Å². The number of nitriles is 1. The Morgan fingerprint density at radius 3 is 1.76 bits per heavy atom. The van der Waals surface area contributed by atoms with E-state index < -0.39 is 0 Å². The van der Waals surface area contributed by atoms with Gasteiger partial charge >= 0.3 is 0 Å². The molecule has 0 aliphatic heterocycles. The molecular formula is C53H30N4O2. The zero-order chi connectivity index (χ0) is 39.0. The number of para-hydroxylation sites is 3. The highest BCUT2D eigenvalue weighted by atomic mass is 16.3. The van der Waals surface area contributed by atoms with Crippen molar-refractivity contribution in [3.63, 3.8) is 0 Å². The maximum Gasteiger partial charge on any atom is 0.160 e. The van der Waals surface area contributed by atoms with E-state index in [0.717, 1.165) is 99.2 Å². The summed E-state index contributed by atoms with van der Waals surface area (Å²) in [4.78, 5) is 10.1.